The van der Waals surface area contributed by atoms with E-state index in [1.807, 2.05) is 37.7 Å². The molecule has 5 N–H and O–H groups in total. The fourth-order valence-corrected chi connectivity index (χ4v) is 8.73. The molecule has 7 rings (SSSR count). The van der Waals surface area contributed by atoms with Gasteiger partial charge in [-0.2, -0.15) is 4.98 Å². The quantitative estimate of drug-likeness (QED) is 0.230. The summed E-state index contributed by atoms with van der Waals surface area (Å²) in [6.07, 6.45) is 13.9. The molecule has 13 nitrogen and oxygen atoms in total. The van der Waals surface area contributed by atoms with Gasteiger partial charge in [-0.1, -0.05) is 26.0 Å². The largest absolute Gasteiger partial charge is 0.423 e. The number of fused-ring (bicyclic) bond motifs is 2. The van der Waals surface area contributed by atoms with Crippen molar-refractivity contribution in [3.8, 4) is 0 Å². The number of hydrogen-bond acceptors (Lipinski definition) is 12. The number of carbonyl (C=O) groups excluding carboxylic acids is 2. The van der Waals surface area contributed by atoms with E-state index in [9.17, 15) is 19.8 Å². The Labute approximate surface area is 278 Å². The van der Waals surface area contributed by atoms with E-state index in [-0.39, 0.29) is 48.1 Å². The van der Waals surface area contributed by atoms with Crippen LogP contribution in [0.4, 0.5) is 5.95 Å². The fourth-order valence-electron chi connectivity index (χ4n) is 8.73. The van der Waals surface area contributed by atoms with Crippen molar-refractivity contribution < 1.29 is 29.3 Å². The highest BCUT2D eigenvalue weighted by Gasteiger charge is 2.70. The number of aliphatic hydroxyl groups excluding tert-OH is 2. The van der Waals surface area contributed by atoms with Gasteiger partial charge in [0.05, 0.1) is 43.9 Å². The second kappa shape index (κ2) is 11.8. The molecule has 5 unspecified atom stereocenters. The van der Waals surface area contributed by atoms with Crippen molar-refractivity contribution in [2.45, 2.75) is 70.2 Å². The lowest BCUT2D eigenvalue weighted by atomic mass is 9.44. The molecule has 3 fully saturated rings. The summed E-state index contributed by atoms with van der Waals surface area (Å²) in [5.41, 5.74) is 5.89. The molecule has 3 aliphatic heterocycles. The summed E-state index contributed by atoms with van der Waals surface area (Å²) in [5.74, 6) is 0.338. The van der Waals surface area contributed by atoms with E-state index in [1.165, 1.54) is 0 Å². The Kier molecular flexibility index (Phi) is 8.01. The molecule has 5 aliphatic rings. The van der Waals surface area contributed by atoms with Gasteiger partial charge in [-0.3, -0.25) is 9.79 Å². The molecule has 2 aromatic heterocycles. The number of nitrogens with one attached hydrogen (secondary N) is 1. The number of aromatic nitrogens is 3. The number of hydrogen-bond donors (Lipinski definition) is 4. The normalized spacial score (nSPS) is 35.7. The van der Waals surface area contributed by atoms with Crippen molar-refractivity contribution in [1.82, 2.24) is 19.9 Å². The van der Waals surface area contributed by atoms with Gasteiger partial charge in [0.2, 0.25) is 5.95 Å². The van der Waals surface area contributed by atoms with Crippen molar-refractivity contribution in [1.29, 1.82) is 0 Å². The standard InChI is InChI=1S/C35H43N7O6/c1-19(24(44)13-29-37-9-10-38-29)40-27-14-26-33(2,8-7-28(45)34(26,3)17-43)25(35(27)18-47-35)6-5-20-11-22(48-31(20)46)12-21-16-42(4)30-23(21)15-39-32(36)41-30/h5-6,9,11-12,15-16,19,25-28,40,43,45H,7-8,10,13-14,17-18H2,1-4H3,(H2,36,39,41)/b6-5+,22-12+/t19?,25?,26?,27?,28-,33-,34+,35?/m1/s1. The van der Waals surface area contributed by atoms with Gasteiger partial charge in [0.15, 0.2) is 5.78 Å². The first kappa shape index (κ1) is 32.5. The Balaban J connectivity index is 1.20. The number of aryl methyl sites for hydroxylation is 1. The Morgan fingerprint density at radius 3 is 2.83 bits per heavy atom. The molecule has 0 radical (unpaired) electrons. The number of carbonyl (C=O) groups is 2. The number of rotatable bonds is 9. The van der Waals surface area contributed by atoms with Gasteiger partial charge in [-0.15, -0.1) is 0 Å². The number of Topliss-reactive ketones (excluding diaryl/α,β-unsaturated/α-hetero) is 1. The average Bonchev–Trinajstić information content (AvgIpc) is 3.33. The van der Waals surface area contributed by atoms with Gasteiger partial charge in [-0.25, -0.2) is 14.8 Å². The number of amidine groups is 1. The van der Waals surface area contributed by atoms with Gasteiger partial charge in [0.1, 0.15) is 22.8 Å². The topological polar surface area (TPSA) is 190 Å². The Hall–Kier alpha value is -4.04. The van der Waals surface area contributed by atoms with Gasteiger partial charge in [0, 0.05) is 54.0 Å². The molecular weight excluding hydrogens is 614 g/mol. The van der Waals surface area contributed by atoms with Crippen LogP contribution in [-0.4, -0.2) is 92.1 Å². The zero-order valence-corrected chi connectivity index (χ0v) is 27.7. The Morgan fingerprint density at radius 1 is 1.33 bits per heavy atom. The summed E-state index contributed by atoms with van der Waals surface area (Å²) in [6.45, 7) is 6.82. The molecule has 1 saturated heterocycles. The van der Waals surface area contributed by atoms with E-state index >= 15 is 0 Å². The van der Waals surface area contributed by atoms with Gasteiger partial charge < -0.3 is 35.3 Å². The number of nitrogen functional groups attached to an aromatic ring is 1. The van der Waals surface area contributed by atoms with Gasteiger partial charge in [0.25, 0.3) is 0 Å². The van der Waals surface area contributed by atoms with E-state index < -0.39 is 29.1 Å². The molecule has 0 aromatic carbocycles. The molecule has 1 spiro atoms. The number of aliphatic hydroxyl groups is 2. The van der Waals surface area contributed by atoms with Crippen LogP contribution in [0.25, 0.3) is 17.1 Å². The number of nitrogens with two attached hydrogens (primary N) is 1. The molecule has 254 valence electrons. The minimum atomic E-state index is -0.760. The lowest BCUT2D eigenvalue weighted by Crippen LogP contribution is -2.67. The van der Waals surface area contributed by atoms with Crippen LogP contribution in [0, 0.1) is 22.7 Å². The second-order valence-electron chi connectivity index (χ2n) is 14.4. The minimum Gasteiger partial charge on any atom is -0.423 e. The minimum absolute atomic E-state index is 0.0166. The molecule has 2 saturated carbocycles. The molecule has 2 aromatic rings. The maximum Gasteiger partial charge on any atom is 0.343 e. The number of anilines is 1. The maximum atomic E-state index is 13.2. The van der Waals surface area contributed by atoms with Crippen molar-refractivity contribution in [3.05, 3.63) is 47.5 Å². The smallest absolute Gasteiger partial charge is 0.343 e. The number of epoxide rings is 1. The third kappa shape index (κ3) is 5.33. The van der Waals surface area contributed by atoms with E-state index in [4.69, 9.17) is 15.2 Å². The summed E-state index contributed by atoms with van der Waals surface area (Å²) in [7, 11) is 1.86. The fraction of sp³-hybridized carbons (Fsp3) is 0.543. The second-order valence-corrected chi connectivity index (χ2v) is 14.4. The van der Waals surface area contributed by atoms with Crippen LogP contribution >= 0.6 is 0 Å². The molecule has 0 bridgehead atoms. The predicted molar refractivity (Wildman–Crippen MR) is 180 cm³/mol. The summed E-state index contributed by atoms with van der Waals surface area (Å²) >= 11 is 0. The number of nitrogens with zero attached hydrogens (tertiary/aromatic N) is 5. The van der Waals surface area contributed by atoms with Crippen LogP contribution < -0.4 is 11.1 Å². The van der Waals surface area contributed by atoms with Crippen LogP contribution in [0.5, 0.6) is 0 Å². The Morgan fingerprint density at radius 2 is 2.12 bits per heavy atom. The number of esters is 1. The zero-order valence-electron chi connectivity index (χ0n) is 27.7. The van der Waals surface area contributed by atoms with Crippen LogP contribution in [-0.2, 0) is 26.1 Å². The van der Waals surface area contributed by atoms with Gasteiger partial charge >= 0.3 is 5.97 Å². The molecule has 48 heavy (non-hydrogen) atoms. The maximum absolute atomic E-state index is 13.2. The molecule has 8 atom stereocenters. The number of cyclic esters (lactones) is 1. The van der Waals surface area contributed by atoms with E-state index in [1.54, 1.807) is 30.6 Å². The van der Waals surface area contributed by atoms with E-state index in [2.05, 4.69) is 32.2 Å². The predicted octanol–water partition coefficient (Wildman–Crippen LogP) is 2.28. The summed E-state index contributed by atoms with van der Waals surface area (Å²) in [4.78, 5) is 43.2. The van der Waals surface area contributed by atoms with Crippen LogP contribution in [0.15, 0.2) is 51.9 Å². The van der Waals surface area contributed by atoms with E-state index in [0.717, 1.165) is 17.4 Å². The monoisotopic (exact) mass is 657 g/mol. The zero-order chi connectivity index (χ0) is 34.0. The average molecular weight is 658 g/mol. The SMILES string of the molecule is CC(NC1CC2[C@](C)(CC[C@@H](O)[C@@]2(C)CO)C(/C=C/C2=CC(=C\c3cn(C)c4nc(N)ncc34)/OC2=O)C12CO2)C(=O)CC1=NCC=N1. The van der Waals surface area contributed by atoms with Crippen LogP contribution in [0.3, 0.4) is 0 Å². The van der Waals surface area contributed by atoms with Crippen molar-refractivity contribution in [2.24, 2.45) is 39.7 Å². The molecule has 5 heterocycles. The Bertz CT molecular complexity index is 1820. The lowest BCUT2D eigenvalue weighted by Gasteiger charge is -2.62. The molecular formula is C35H43N7O6. The first-order valence-electron chi connectivity index (χ1n) is 16.6. The first-order chi connectivity index (χ1) is 22.9. The summed E-state index contributed by atoms with van der Waals surface area (Å²) in [6, 6.07) is -0.731. The highest BCUT2D eigenvalue weighted by atomic mass is 16.6. The highest BCUT2D eigenvalue weighted by Crippen LogP contribution is 2.65. The third-order valence-corrected chi connectivity index (χ3v) is 11.6. The van der Waals surface area contributed by atoms with Crippen molar-refractivity contribution in [3.63, 3.8) is 0 Å². The van der Waals surface area contributed by atoms with Crippen LogP contribution in [0.2, 0.25) is 0 Å². The van der Waals surface area contributed by atoms with Crippen molar-refractivity contribution >= 4 is 46.9 Å². The highest BCUT2D eigenvalue weighted by molar-refractivity contribution is 6.07. The van der Waals surface area contributed by atoms with E-state index in [0.29, 0.717) is 48.8 Å². The number of aliphatic imine (C=N–C) groups is 2. The molecule has 2 aliphatic carbocycles. The first-order valence-corrected chi connectivity index (χ1v) is 16.6. The number of ether oxygens (including phenoxy) is 2. The van der Waals surface area contributed by atoms with Crippen LogP contribution in [0.1, 0.15) is 52.0 Å². The number of allylic oxidation sites excluding steroid dienone is 1. The summed E-state index contributed by atoms with van der Waals surface area (Å²) in [5, 5.41) is 26.2. The lowest BCUT2D eigenvalue weighted by molar-refractivity contribution is -0.174. The van der Waals surface area contributed by atoms with Crippen molar-refractivity contribution in [2.75, 3.05) is 25.5 Å². The molecule has 0 amide bonds. The summed E-state index contributed by atoms with van der Waals surface area (Å²) < 4.78 is 13.8. The molecule has 13 heteroatoms. The van der Waals surface area contributed by atoms with Gasteiger partial charge in [-0.05, 0) is 49.7 Å². The number of ketones is 1. The third-order valence-electron chi connectivity index (χ3n) is 11.6.